The minimum Gasteiger partial charge on any atom is -0.398 e. The molecule has 0 spiro atoms. The van der Waals surface area contributed by atoms with Crippen LogP contribution in [0.2, 0.25) is 0 Å². The van der Waals surface area contributed by atoms with E-state index in [1.54, 1.807) is 13.0 Å². The molecule has 1 atom stereocenters. The average molecular weight is 277 g/mol. The summed E-state index contributed by atoms with van der Waals surface area (Å²) in [5.41, 5.74) is 13.7. The van der Waals surface area contributed by atoms with Crippen molar-refractivity contribution in [3.05, 3.63) is 28.6 Å². The number of primary amides is 1. The van der Waals surface area contributed by atoms with Gasteiger partial charge in [0.25, 0.3) is 0 Å². The van der Waals surface area contributed by atoms with E-state index in [9.17, 15) is 9.59 Å². The monoisotopic (exact) mass is 277 g/mol. The Kier molecular flexibility index (Phi) is 4.27. The Morgan fingerprint density at radius 3 is 2.65 bits per heavy atom. The predicted octanol–water partition coefficient (Wildman–Crippen LogP) is -0.302. The van der Waals surface area contributed by atoms with Crippen LogP contribution in [0.5, 0.6) is 0 Å². The summed E-state index contributed by atoms with van der Waals surface area (Å²) in [6, 6.07) is 0. The van der Waals surface area contributed by atoms with Crippen molar-refractivity contribution in [1.29, 1.82) is 0 Å². The predicted molar refractivity (Wildman–Crippen MR) is 73.9 cm³/mol. The van der Waals surface area contributed by atoms with Gasteiger partial charge in [-0.3, -0.25) is 4.79 Å². The van der Waals surface area contributed by atoms with E-state index in [2.05, 4.69) is 4.90 Å². The van der Waals surface area contributed by atoms with Crippen LogP contribution in [-0.2, 0) is 14.3 Å². The largest absolute Gasteiger partial charge is 0.398 e. The highest BCUT2D eigenvalue weighted by Crippen LogP contribution is 2.31. The lowest BCUT2D eigenvalue weighted by Crippen LogP contribution is -2.38. The number of nitrogens with two attached hydrogens (primary N) is 2. The summed E-state index contributed by atoms with van der Waals surface area (Å²) in [6.07, 6.45) is 2.06. The summed E-state index contributed by atoms with van der Waals surface area (Å²) in [4.78, 5) is 24.6. The van der Waals surface area contributed by atoms with Crippen LogP contribution in [-0.4, -0.2) is 43.1 Å². The number of hydrogen-bond donors (Lipinski definition) is 2. The van der Waals surface area contributed by atoms with Gasteiger partial charge < -0.3 is 21.1 Å². The number of nitrogens with zero attached hydrogens (tertiary/aromatic N) is 1. The Bertz CT molecular complexity index is 524. The number of ether oxygens (including phenoxy) is 1. The lowest BCUT2D eigenvalue weighted by atomic mass is 9.88. The summed E-state index contributed by atoms with van der Waals surface area (Å²) in [5, 5.41) is 0. The summed E-state index contributed by atoms with van der Waals surface area (Å²) in [7, 11) is 0. The van der Waals surface area contributed by atoms with Gasteiger partial charge in [0, 0.05) is 30.9 Å². The van der Waals surface area contributed by atoms with Gasteiger partial charge in [-0.15, -0.1) is 0 Å². The second-order valence-corrected chi connectivity index (χ2v) is 4.98. The molecule has 0 aromatic rings. The number of allylic oxidation sites excluding steroid dienone is 3. The van der Waals surface area contributed by atoms with Crippen molar-refractivity contribution in [2.75, 3.05) is 26.3 Å². The van der Waals surface area contributed by atoms with Gasteiger partial charge in [0.05, 0.1) is 24.7 Å². The first-order valence-electron chi connectivity index (χ1n) is 6.61. The van der Waals surface area contributed by atoms with E-state index in [0.29, 0.717) is 30.9 Å². The summed E-state index contributed by atoms with van der Waals surface area (Å²) in [5.74, 6) is 1.02. The maximum absolute atomic E-state index is 11.5. The molecule has 0 bridgehead atoms. The minimum absolute atomic E-state index is 0.361. The van der Waals surface area contributed by atoms with Crippen molar-refractivity contribution in [2.24, 2.45) is 17.4 Å². The van der Waals surface area contributed by atoms with Gasteiger partial charge in [-0.25, -0.2) is 4.79 Å². The van der Waals surface area contributed by atoms with Gasteiger partial charge in [-0.2, -0.15) is 0 Å². The normalized spacial score (nSPS) is 21.4. The minimum atomic E-state index is -0.445. The molecule has 1 heterocycles. The van der Waals surface area contributed by atoms with Crippen LogP contribution < -0.4 is 11.5 Å². The molecule has 108 valence electrons. The summed E-state index contributed by atoms with van der Waals surface area (Å²) >= 11 is 0. The molecule has 1 aliphatic carbocycles. The molecule has 1 saturated heterocycles. The fourth-order valence-corrected chi connectivity index (χ4v) is 2.46. The molecule has 0 saturated carbocycles. The summed E-state index contributed by atoms with van der Waals surface area (Å²) < 4.78 is 5.33. The van der Waals surface area contributed by atoms with Crippen LogP contribution >= 0.6 is 0 Å². The third-order valence-electron chi connectivity index (χ3n) is 3.75. The maximum Gasteiger partial charge on any atom is 0.224 e. The number of carbonyl (C=O) groups is 1. The molecule has 2 rings (SSSR count). The first-order chi connectivity index (χ1) is 9.54. The first-order valence-corrected chi connectivity index (χ1v) is 6.61. The van der Waals surface area contributed by atoms with E-state index in [1.165, 1.54) is 0 Å². The van der Waals surface area contributed by atoms with Crippen LogP contribution in [0, 0.1) is 5.92 Å². The van der Waals surface area contributed by atoms with E-state index in [0.717, 1.165) is 24.4 Å². The topological polar surface area (TPSA) is 98.6 Å². The molecule has 0 radical (unpaired) electrons. The molecule has 1 fully saturated rings. The highest BCUT2D eigenvalue weighted by atomic mass is 16.5. The SMILES string of the molecule is CC(C(N)=O)C1=C(N2CCOCC2)CC(=C=O)C(N)=C1. The number of hydrogen-bond acceptors (Lipinski definition) is 5. The van der Waals surface area contributed by atoms with Crippen molar-refractivity contribution < 1.29 is 14.3 Å². The number of morpholine rings is 1. The van der Waals surface area contributed by atoms with Gasteiger partial charge in [0.2, 0.25) is 5.91 Å². The van der Waals surface area contributed by atoms with Crippen molar-refractivity contribution in [2.45, 2.75) is 13.3 Å². The third-order valence-corrected chi connectivity index (χ3v) is 3.75. The molecule has 0 aromatic heterocycles. The van der Waals surface area contributed by atoms with Crippen LogP contribution in [0.1, 0.15) is 13.3 Å². The lowest BCUT2D eigenvalue weighted by molar-refractivity contribution is -0.120. The highest BCUT2D eigenvalue weighted by molar-refractivity contribution is 5.81. The van der Waals surface area contributed by atoms with E-state index >= 15 is 0 Å². The van der Waals surface area contributed by atoms with E-state index in [1.807, 2.05) is 5.94 Å². The standard InChI is InChI=1S/C14H19N3O3/c1-9(14(16)19)11-7-12(15)10(8-18)6-13(11)17-2-4-20-5-3-17/h7,9H,2-6,15H2,1H3,(H2,16,19). The second-order valence-electron chi connectivity index (χ2n) is 4.98. The Balaban J connectivity index is 2.43. The molecule has 4 N–H and O–H groups in total. The van der Waals surface area contributed by atoms with E-state index < -0.39 is 11.8 Å². The van der Waals surface area contributed by atoms with E-state index in [-0.39, 0.29) is 0 Å². The zero-order valence-corrected chi connectivity index (χ0v) is 11.5. The average Bonchev–Trinajstić information content (AvgIpc) is 2.47. The molecule has 0 aromatic carbocycles. The van der Waals surface area contributed by atoms with Gasteiger partial charge >= 0.3 is 0 Å². The zero-order valence-electron chi connectivity index (χ0n) is 11.5. The molecular weight excluding hydrogens is 258 g/mol. The van der Waals surface area contributed by atoms with Crippen molar-refractivity contribution in [3.63, 3.8) is 0 Å². The smallest absolute Gasteiger partial charge is 0.224 e. The number of rotatable bonds is 3. The maximum atomic E-state index is 11.5. The molecule has 1 unspecified atom stereocenters. The molecule has 6 heteroatoms. The molecule has 20 heavy (non-hydrogen) atoms. The molecular formula is C14H19N3O3. The lowest BCUT2D eigenvalue weighted by Gasteiger charge is -2.35. The molecule has 2 aliphatic rings. The van der Waals surface area contributed by atoms with Crippen molar-refractivity contribution >= 4 is 11.8 Å². The van der Waals surface area contributed by atoms with Crippen LogP contribution in [0.15, 0.2) is 28.6 Å². The van der Waals surface area contributed by atoms with Crippen molar-refractivity contribution in [1.82, 2.24) is 4.90 Å². The molecule has 1 amide bonds. The van der Waals surface area contributed by atoms with Gasteiger partial charge in [0.1, 0.15) is 5.94 Å². The second kappa shape index (κ2) is 5.94. The number of amides is 1. The van der Waals surface area contributed by atoms with Crippen LogP contribution in [0.3, 0.4) is 0 Å². The van der Waals surface area contributed by atoms with Crippen LogP contribution in [0.25, 0.3) is 0 Å². The Hall–Kier alpha value is -2.04. The Morgan fingerprint density at radius 2 is 2.10 bits per heavy atom. The van der Waals surface area contributed by atoms with Gasteiger partial charge in [0.15, 0.2) is 0 Å². The Labute approximate surface area is 117 Å². The van der Waals surface area contributed by atoms with E-state index in [4.69, 9.17) is 16.2 Å². The number of carbonyl (C=O) groups excluding carboxylic acids is 2. The third kappa shape index (κ3) is 2.76. The van der Waals surface area contributed by atoms with Crippen LogP contribution in [0.4, 0.5) is 0 Å². The molecule has 6 nitrogen and oxygen atoms in total. The first kappa shape index (κ1) is 14.4. The Morgan fingerprint density at radius 1 is 1.45 bits per heavy atom. The van der Waals surface area contributed by atoms with Gasteiger partial charge in [-0.1, -0.05) is 0 Å². The molecule has 1 aliphatic heterocycles. The van der Waals surface area contributed by atoms with Crippen molar-refractivity contribution in [3.8, 4) is 0 Å². The zero-order chi connectivity index (χ0) is 14.7. The fraction of sp³-hybridized carbons (Fsp3) is 0.500. The highest BCUT2D eigenvalue weighted by Gasteiger charge is 2.27. The summed E-state index contributed by atoms with van der Waals surface area (Å²) in [6.45, 7) is 4.45. The fourth-order valence-electron chi connectivity index (χ4n) is 2.46. The quantitative estimate of drug-likeness (QED) is 0.690. The van der Waals surface area contributed by atoms with Gasteiger partial charge in [-0.05, 0) is 18.6 Å².